The third kappa shape index (κ3) is 4.90. The second-order valence-corrected chi connectivity index (χ2v) is 6.83. The summed E-state index contributed by atoms with van der Waals surface area (Å²) in [5, 5.41) is 0. The molecule has 2 aromatic rings. The van der Waals surface area contributed by atoms with E-state index in [1.807, 2.05) is 6.92 Å². The quantitative estimate of drug-likeness (QED) is 0.563. The Morgan fingerprint density at radius 3 is 2.46 bits per heavy atom. The molecule has 0 bridgehead atoms. The molecule has 28 heavy (non-hydrogen) atoms. The fourth-order valence-corrected chi connectivity index (χ4v) is 3.32. The minimum absolute atomic E-state index is 0.0761. The van der Waals surface area contributed by atoms with Crippen LogP contribution in [-0.2, 0) is 4.74 Å². The molecule has 1 aliphatic heterocycles. The molecule has 5 heteroatoms. The topological polar surface area (TPSA) is 27.7 Å². The minimum atomic E-state index is -0.967. The largest absolute Gasteiger partial charge is 0.491 e. The van der Waals surface area contributed by atoms with Gasteiger partial charge in [0.25, 0.3) is 0 Å². The molecule has 0 aliphatic carbocycles. The second-order valence-electron chi connectivity index (χ2n) is 6.83. The summed E-state index contributed by atoms with van der Waals surface area (Å²) in [6, 6.07) is 9.93. The van der Waals surface area contributed by atoms with Crippen LogP contribution in [0.3, 0.4) is 0 Å². The van der Waals surface area contributed by atoms with Gasteiger partial charge in [-0.2, -0.15) is 4.39 Å². The summed E-state index contributed by atoms with van der Waals surface area (Å²) < 4.78 is 45.1. The van der Waals surface area contributed by atoms with Crippen molar-refractivity contribution >= 4 is 0 Å². The molecule has 0 amide bonds. The van der Waals surface area contributed by atoms with Crippen molar-refractivity contribution in [1.82, 2.24) is 0 Å². The average Bonchev–Trinajstić information content (AvgIpc) is 2.72. The first kappa shape index (κ1) is 20.3. The van der Waals surface area contributed by atoms with Crippen LogP contribution in [0.25, 0.3) is 11.1 Å². The van der Waals surface area contributed by atoms with Crippen LogP contribution in [0.15, 0.2) is 48.6 Å². The Kier molecular flexibility index (Phi) is 7.04. The highest BCUT2D eigenvalue weighted by Gasteiger charge is 2.20. The maximum absolute atomic E-state index is 14.3. The lowest BCUT2D eigenvalue weighted by Crippen LogP contribution is -2.29. The van der Waals surface area contributed by atoms with Crippen molar-refractivity contribution in [1.29, 1.82) is 0 Å². The number of hydrogen-bond acceptors (Lipinski definition) is 3. The van der Waals surface area contributed by atoms with Crippen molar-refractivity contribution in [2.75, 3.05) is 19.8 Å². The van der Waals surface area contributed by atoms with Crippen LogP contribution in [-0.4, -0.2) is 25.9 Å². The van der Waals surface area contributed by atoms with Gasteiger partial charge in [-0.05, 0) is 56.5 Å². The summed E-state index contributed by atoms with van der Waals surface area (Å²) in [4.78, 5) is 0. The number of rotatable bonds is 7. The van der Waals surface area contributed by atoms with Crippen LogP contribution in [0.5, 0.6) is 11.5 Å². The van der Waals surface area contributed by atoms with E-state index in [2.05, 4.69) is 12.2 Å². The van der Waals surface area contributed by atoms with Gasteiger partial charge in [0.05, 0.1) is 19.3 Å². The number of ether oxygens (including phenoxy) is 3. The van der Waals surface area contributed by atoms with Crippen molar-refractivity contribution in [3.63, 3.8) is 0 Å². The maximum atomic E-state index is 14.3. The molecular weight excluding hydrogens is 362 g/mol. The molecule has 3 nitrogen and oxygen atoms in total. The lowest BCUT2D eigenvalue weighted by Gasteiger charge is -2.27. The molecule has 1 aliphatic rings. The predicted molar refractivity (Wildman–Crippen MR) is 106 cm³/mol. The molecular formula is C23H26F2O3. The van der Waals surface area contributed by atoms with Gasteiger partial charge < -0.3 is 14.2 Å². The van der Waals surface area contributed by atoms with Crippen molar-refractivity contribution in [3.05, 3.63) is 60.2 Å². The molecule has 2 atom stereocenters. The Bertz CT molecular complexity index is 794. The second kappa shape index (κ2) is 9.69. The van der Waals surface area contributed by atoms with Gasteiger partial charge >= 0.3 is 0 Å². The maximum Gasteiger partial charge on any atom is 0.201 e. The molecule has 3 rings (SSSR count). The Labute approximate surface area is 164 Å². The van der Waals surface area contributed by atoms with E-state index in [1.165, 1.54) is 12.1 Å². The summed E-state index contributed by atoms with van der Waals surface area (Å²) in [6.45, 7) is 5.23. The van der Waals surface area contributed by atoms with Gasteiger partial charge in [-0.1, -0.05) is 24.3 Å². The molecule has 0 aromatic heterocycles. The van der Waals surface area contributed by atoms with Crippen LogP contribution >= 0.6 is 0 Å². The summed E-state index contributed by atoms with van der Waals surface area (Å²) >= 11 is 0. The predicted octanol–water partition coefficient (Wildman–Crippen LogP) is 5.78. The monoisotopic (exact) mass is 388 g/mol. The van der Waals surface area contributed by atoms with Gasteiger partial charge in [-0.25, -0.2) is 4.39 Å². The molecule has 0 N–H and O–H groups in total. The number of allylic oxidation sites excluding steroid dienone is 1. The fraction of sp³-hybridized carbons (Fsp3) is 0.391. The molecule has 150 valence electrons. The van der Waals surface area contributed by atoms with Gasteiger partial charge in [0.15, 0.2) is 11.6 Å². The summed E-state index contributed by atoms with van der Waals surface area (Å²) in [6.07, 6.45) is 6.38. The first-order valence-electron chi connectivity index (χ1n) is 9.70. The zero-order chi connectivity index (χ0) is 19.9. The highest BCUT2D eigenvalue weighted by molar-refractivity contribution is 5.66. The van der Waals surface area contributed by atoms with Crippen LogP contribution in [0.2, 0.25) is 0 Å². The van der Waals surface area contributed by atoms with Crippen LogP contribution < -0.4 is 9.47 Å². The first-order chi connectivity index (χ1) is 13.6. The standard InChI is InChI=1S/C23H26F2O3/c1-3-5-16-6-9-19(27-14-16)15-28-18-10-7-17(8-11-18)20-12-13-21(26-4-2)23(25)22(20)24/h3,5,7-8,10-13,16,19H,4,6,9,14-15H2,1-2H3. The molecule has 0 spiro atoms. The summed E-state index contributed by atoms with van der Waals surface area (Å²) in [7, 11) is 0. The minimum Gasteiger partial charge on any atom is -0.491 e. The Balaban J connectivity index is 1.59. The van der Waals surface area contributed by atoms with Crippen LogP contribution in [0.1, 0.15) is 26.7 Å². The van der Waals surface area contributed by atoms with Crippen LogP contribution in [0, 0.1) is 17.6 Å². The van der Waals surface area contributed by atoms with E-state index in [0.717, 1.165) is 19.4 Å². The van der Waals surface area contributed by atoms with Crippen molar-refractivity contribution in [3.8, 4) is 22.6 Å². The highest BCUT2D eigenvalue weighted by atomic mass is 19.2. The van der Waals surface area contributed by atoms with E-state index in [1.54, 1.807) is 31.2 Å². The molecule has 1 heterocycles. The smallest absolute Gasteiger partial charge is 0.201 e. The summed E-state index contributed by atoms with van der Waals surface area (Å²) in [5.74, 6) is -0.788. The number of benzene rings is 2. The summed E-state index contributed by atoms with van der Waals surface area (Å²) in [5.41, 5.74) is 0.771. The number of halogens is 2. The fourth-order valence-electron chi connectivity index (χ4n) is 3.32. The number of hydrogen-bond donors (Lipinski definition) is 0. The SMILES string of the molecule is CC=CC1CCC(COc2ccc(-c3ccc(OCC)c(F)c3F)cc2)OC1. The van der Waals surface area contributed by atoms with E-state index >= 15 is 0 Å². The van der Waals surface area contributed by atoms with Crippen molar-refractivity contribution in [2.24, 2.45) is 5.92 Å². The van der Waals surface area contributed by atoms with Crippen molar-refractivity contribution in [2.45, 2.75) is 32.8 Å². The lowest BCUT2D eigenvalue weighted by atomic mass is 9.98. The Morgan fingerprint density at radius 1 is 1.04 bits per heavy atom. The van der Waals surface area contributed by atoms with E-state index in [-0.39, 0.29) is 24.0 Å². The van der Waals surface area contributed by atoms with Gasteiger partial charge in [0, 0.05) is 11.5 Å². The van der Waals surface area contributed by atoms with E-state index in [9.17, 15) is 8.78 Å². The van der Waals surface area contributed by atoms with E-state index in [0.29, 0.717) is 23.8 Å². The Morgan fingerprint density at radius 2 is 1.82 bits per heavy atom. The zero-order valence-corrected chi connectivity index (χ0v) is 16.3. The van der Waals surface area contributed by atoms with E-state index in [4.69, 9.17) is 14.2 Å². The zero-order valence-electron chi connectivity index (χ0n) is 16.3. The molecule has 2 unspecified atom stereocenters. The van der Waals surface area contributed by atoms with Gasteiger partial charge in [-0.15, -0.1) is 0 Å². The van der Waals surface area contributed by atoms with Gasteiger partial charge in [-0.3, -0.25) is 0 Å². The van der Waals surface area contributed by atoms with Gasteiger partial charge in [0.2, 0.25) is 5.82 Å². The van der Waals surface area contributed by atoms with Crippen LogP contribution in [0.4, 0.5) is 8.78 Å². The third-order valence-electron chi connectivity index (χ3n) is 4.82. The average molecular weight is 388 g/mol. The van der Waals surface area contributed by atoms with E-state index < -0.39 is 11.6 Å². The molecule has 2 aromatic carbocycles. The first-order valence-corrected chi connectivity index (χ1v) is 9.70. The molecule has 0 saturated carbocycles. The van der Waals surface area contributed by atoms with Crippen molar-refractivity contribution < 1.29 is 23.0 Å². The normalized spacial score (nSPS) is 19.7. The molecule has 1 saturated heterocycles. The highest BCUT2D eigenvalue weighted by Crippen LogP contribution is 2.31. The Hall–Kier alpha value is -2.40. The lowest BCUT2D eigenvalue weighted by molar-refractivity contribution is -0.0275. The van der Waals surface area contributed by atoms with Gasteiger partial charge in [0.1, 0.15) is 12.4 Å². The third-order valence-corrected chi connectivity index (χ3v) is 4.82. The molecule has 1 fully saturated rings. The molecule has 0 radical (unpaired) electrons.